The lowest BCUT2D eigenvalue weighted by atomic mass is 9.83. The van der Waals surface area contributed by atoms with Gasteiger partial charge in [0.25, 0.3) is 0 Å². The molecule has 108 valence electrons. The minimum absolute atomic E-state index is 0.0340. The van der Waals surface area contributed by atoms with E-state index in [4.69, 9.17) is 9.47 Å². The Morgan fingerprint density at radius 3 is 2.90 bits per heavy atom. The third kappa shape index (κ3) is 2.11. The molecule has 0 spiro atoms. The highest BCUT2D eigenvalue weighted by molar-refractivity contribution is 8.05. The van der Waals surface area contributed by atoms with Crippen molar-refractivity contribution in [1.29, 1.82) is 0 Å². The molecular weight excluding hydrogens is 276 g/mol. The summed E-state index contributed by atoms with van der Waals surface area (Å²) in [6, 6.07) is 0. The predicted molar refractivity (Wildman–Crippen MR) is 75.5 cm³/mol. The second-order valence-electron chi connectivity index (χ2n) is 5.71. The van der Waals surface area contributed by atoms with Gasteiger partial charge >= 0.3 is 6.09 Å². The minimum Gasteiger partial charge on any atom is -0.445 e. The van der Waals surface area contributed by atoms with E-state index in [9.17, 15) is 4.79 Å². The Balaban J connectivity index is 1.41. The van der Waals surface area contributed by atoms with Crippen LogP contribution in [0.15, 0.2) is 22.8 Å². The molecular formula is C14H18N2O3S. The summed E-state index contributed by atoms with van der Waals surface area (Å²) >= 11 is 1.54. The highest BCUT2D eigenvalue weighted by Crippen LogP contribution is 2.43. The third-order valence-corrected chi connectivity index (χ3v) is 5.42. The Hall–Kier alpha value is -1.14. The number of carbonyl (C=O) groups is 1. The fraction of sp³-hybridized carbons (Fsp3) is 0.643. The molecule has 4 aliphatic heterocycles. The quantitative estimate of drug-likeness (QED) is 0.847. The minimum atomic E-state index is -0.222. The molecule has 4 heterocycles. The number of fused-ring (bicyclic) bond motifs is 2. The van der Waals surface area contributed by atoms with Crippen LogP contribution >= 0.6 is 11.8 Å². The molecule has 4 atom stereocenters. The van der Waals surface area contributed by atoms with Gasteiger partial charge in [-0.05, 0) is 24.7 Å². The molecule has 3 fully saturated rings. The molecule has 0 saturated carbocycles. The van der Waals surface area contributed by atoms with Crippen molar-refractivity contribution in [2.45, 2.75) is 44.0 Å². The van der Waals surface area contributed by atoms with E-state index in [2.05, 4.69) is 5.32 Å². The van der Waals surface area contributed by atoms with Gasteiger partial charge in [-0.3, -0.25) is 4.90 Å². The second-order valence-corrected chi connectivity index (χ2v) is 6.63. The first-order valence-corrected chi connectivity index (χ1v) is 8.11. The number of thioether (sulfide) groups is 1. The van der Waals surface area contributed by atoms with Crippen LogP contribution in [0.3, 0.4) is 0 Å². The fourth-order valence-electron chi connectivity index (χ4n) is 3.61. The Morgan fingerprint density at radius 2 is 2.25 bits per heavy atom. The van der Waals surface area contributed by atoms with E-state index in [1.807, 2.05) is 17.8 Å². The number of hydrogen-bond donors (Lipinski definition) is 1. The van der Waals surface area contributed by atoms with Gasteiger partial charge in [-0.2, -0.15) is 0 Å². The van der Waals surface area contributed by atoms with Gasteiger partial charge in [-0.25, -0.2) is 4.79 Å². The first-order valence-electron chi connectivity index (χ1n) is 7.23. The van der Waals surface area contributed by atoms with Gasteiger partial charge in [0.1, 0.15) is 11.1 Å². The summed E-state index contributed by atoms with van der Waals surface area (Å²) < 4.78 is 11.6. The first-order chi connectivity index (χ1) is 9.81. The van der Waals surface area contributed by atoms with Crippen molar-refractivity contribution in [3.63, 3.8) is 0 Å². The van der Waals surface area contributed by atoms with Crippen molar-refractivity contribution in [2.24, 2.45) is 5.92 Å². The van der Waals surface area contributed by atoms with Gasteiger partial charge in [0.2, 0.25) is 0 Å². The standard InChI is InChI=1S/C14H18N2O3S/c17-14-16(13-8-15-4-6-20-13)5-3-12(19-14)10-7-9-1-2-11(10)18-9/h4,6,8-12,15H,1-3,5,7H2. The molecule has 20 heavy (non-hydrogen) atoms. The van der Waals surface area contributed by atoms with Crippen molar-refractivity contribution in [3.8, 4) is 0 Å². The zero-order chi connectivity index (χ0) is 13.5. The van der Waals surface area contributed by atoms with Crippen LogP contribution in [0.5, 0.6) is 0 Å². The average molecular weight is 294 g/mol. The maximum absolute atomic E-state index is 12.2. The molecule has 6 heteroatoms. The van der Waals surface area contributed by atoms with Crippen LogP contribution in [0.25, 0.3) is 0 Å². The monoisotopic (exact) mass is 294 g/mol. The van der Waals surface area contributed by atoms with E-state index < -0.39 is 0 Å². The van der Waals surface area contributed by atoms with Crippen molar-refractivity contribution >= 4 is 17.9 Å². The highest BCUT2D eigenvalue weighted by Gasteiger charge is 2.47. The van der Waals surface area contributed by atoms with Gasteiger partial charge in [0, 0.05) is 31.3 Å². The lowest BCUT2D eigenvalue weighted by Crippen LogP contribution is -2.45. The number of ether oxygens (including phenoxy) is 2. The molecule has 0 aromatic rings. The van der Waals surface area contributed by atoms with Crippen molar-refractivity contribution in [2.75, 3.05) is 6.54 Å². The normalized spacial score (nSPS) is 39.5. The summed E-state index contributed by atoms with van der Waals surface area (Å²) in [5.41, 5.74) is 0. The molecule has 0 aliphatic carbocycles. The molecule has 4 aliphatic rings. The van der Waals surface area contributed by atoms with E-state index in [0.29, 0.717) is 18.1 Å². The molecule has 1 N–H and O–H groups in total. The SMILES string of the molecule is O=C1OC(C2CC3CCC2O3)CCN1C1=CNC=CS1. The molecule has 0 radical (unpaired) electrons. The number of rotatable bonds is 2. The van der Waals surface area contributed by atoms with Crippen LogP contribution in [-0.4, -0.2) is 35.8 Å². The van der Waals surface area contributed by atoms with Gasteiger partial charge in [-0.15, -0.1) is 0 Å². The van der Waals surface area contributed by atoms with Gasteiger partial charge < -0.3 is 14.8 Å². The molecule has 1 amide bonds. The maximum atomic E-state index is 12.2. The number of nitrogens with zero attached hydrogens (tertiary/aromatic N) is 1. The van der Waals surface area contributed by atoms with Crippen LogP contribution in [0.2, 0.25) is 0 Å². The highest BCUT2D eigenvalue weighted by atomic mass is 32.2. The molecule has 0 aromatic heterocycles. The van der Waals surface area contributed by atoms with E-state index >= 15 is 0 Å². The summed E-state index contributed by atoms with van der Waals surface area (Å²) in [7, 11) is 0. The molecule has 4 rings (SSSR count). The topological polar surface area (TPSA) is 50.8 Å². The summed E-state index contributed by atoms with van der Waals surface area (Å²) in [4.78, 5) is 13.9. The van der Waals surface area contributed by atoms with Gasteiger partial charge in [0.15, 0.2) is 0 Å². The Morgan fingerprint density at radius 1 is 1.30 bits per heavy atom. The van der Waals surface area contributed by atoms with Gasteiger partial charge in [0.05, 0.1) is 12.2 Å². The molecule has 0 aromatic carbocycles. The Labute approximate surface area is 122 Å². The predicted octanol–water partition coefficient (Wildman–Crippen LogP) is 2.37. The third-order valence-electron chi connectivity index (χ3n) is 4.57. The zero-order valence-electron chi connectivity index (χ0n) is 11.2. The number of amides is 1. The van der Waals surface area contributed by atoms with Gasteiger partial charge in [-0.1, -0.05) is 11.8 Å². The van der Waals surface area contributed by atoms with Crippen molar-refractivity contribution in [1.82, 2.24) is 10.2 Å². The Kier molecular flexibility index (Phi) is 3.15. The average Bonchev–Trinajstić information content (AvgIpc) is 3.11. The van der Waals surface area contributed by atoms with Crippen LogP contribution in [-0.2, 0) is 9.47 Å². The summed E-state index contributed by atoms with van der Waals surface area (Å²) in [6.07, 6.45) is 8.48. The second kappa shape index (κ2) is 5.00. The van der Waals surface area contributed by atoms with E-state index in [1.165, 1.54) is 18.2 Å². The Bertz CT molecular complexity index is 479. The fourth-order valence-corrected chi connectivity index (χ4v) is 4.32. The largest absolute Gasteiger partial charge is 0.445 e. The molecule has 3 saturated heterocycles. The number of nitrogens with one attached hydrogen (secondary N) is 1. The van der Waals surface area contributed by atoms with Crippen LogP contribution in [0.4, 0.5) is 4.79 Å². The van der Waals surface area contributed by atoms with Crippen molar-refractivity contribution < 1.29 is 14.3 Å². The number of carbonyl (C=O) groups excluding carboxylic acids is 1. The van der Waals surface area contributed by atoms with Crippen LogP contribution < -0.4 is 5.32 Å². The number of hydrogen-bond acceptors (Lipinski definition) is 5. The van der Waals surface area contributed by atoms with Crippen LogP contribution in [0, 0.1) is 5.92 Å². The van der Waals surface area contributed by atoms with Crippen LogP contribution in [0.1, 0.15) is 25.7 Å². The van der Waals surface area contributed by atoms with E-state index in [1.54, 1.807) is 4.90 Å². The summed E-state index contributed by atoms with van der Waals surface area (Å²) in [6.45, 7) is 0.728. The lowest BCUT2D eigenvalue weighted by Gasteiger charge is -2.36. The summed E-state index contributed by atoms with van der Waals surface area (Å²) in [5.74, 6) is 0.408. The van der Waals surface area contributed by atoms with Crippen molar-refractivity contribution in [3.05, 3.63) is 22.8 Å². The maximum Gasteiger partial charge on any atom is 0.415 e. The van der Waals surface area contributed by atoms with E-state index in [0.717, 1.165) is 30.8 Å². The van der Waals surface area contributed by atoms with E-state index in [-0.39, 0.29) is 12.2 Å². The summed E-state index contributed by atoms with van der Waals surface area (Å²) in [5, 5.41) is 5.84. The molecule has 5 nitrogen and oxygen atoms in total. The first kappa shape index (κ1) is 12.6. The number of cyclic esters (lactones) is 1. The smallest absolute Gasteiger partial charge is 0.415 e. The molecule has 4 unspecified atom stereocenters. The molecule has 2 bridgehead atoms. The lowest BCUT2D eigenvalue weighted by molar-refractivity contribution is -0.0123. The zero-order valence-corrected chi connectivity index (χ0v) is 12.0.